The van der Waals surface area contributed by atoms with Gasteiger partial charge in [-0.15, -0.1) is 0 Å². The summed E-state index contributed by atoms with van der Waals surface area (Å²) in [6, 6.07) is 0. The van der Waals surface area contributed by atoms with E-state index >= 15 is 0 Å². The summed E-state index contributed by atoms with van der Waals surface area (Å²) in [7, 11) is 2.95. The van der Waals surface area contributed by atoms with Crippen molar-refractivity contribution in [2.45, 2.75) is 6.18 Å². The Hall–Kier alpha value is -1.47. The van der Waals surface area contributed by atoms with Crippen molar-refractivity contribution in [1.82, 2.24) is 4.90 Å². The second kappa shape index (κ2) is 5.22. The van der Waals surface area contributed by atoms with Gasteiger partial charge >= 0.3 is 18.2 Å². The zero-order chi connectivity index (χ0) is 11.2. The topological polar surface area (TPSA) is 77.8 Å². The second-order valence-electron chi connectivity index (χ2n) is 1.98. The second-order valence-corrected chi connectivity index (χ2v) is 1.98. The van der Waals surface area contributed by atoms with Crippen molar-refractivity contribution in [3.05, 3.63) is 0 Å². The lowest BCUT2D eigenvalue weighted by molar-refractivity contribution is -0.192. The van der Waals surface area contributed by atoms with Gasteiger partial charge in [0.25, 0.3) is 0 Å². The summed E-state index contributed by atoms with van der Waals surface area (Å²) < 4.78 is 31.7. The quantitative estimate of drug-likeness (QED) is 0.612. The molecule has 0 radical (unpaired) electrons. The molecule has 78 valence electrons. The number of halogens is 3. The Morgan fingerprint density at radius 3 is 1.31 bits per heavy atom. The monoisotopic (exact) mass is 203 g/mol. The molecular weight excluding hydrogens is 195 g/mol. The van der Waals surface area contributed by atoms with Crippen molar-refractivity contribution in [3.63, 3.8) is 0 Å². The number of carboxylic acids is 1. The maximum absolute atomic E-state index is 10.6. The number of carboxylic acid groups (broad SMARTS) is 2. The zero-order valence-electron chi connectivity index (χ0n) is 6.79. The third kappa shape index (κ3) is 10.5. The zero-order valence-corrected chi connectivity index (χ0v) is 6.79. The van der Waals surface area contributed by atoms with Gasteiger partial charge in [-0.1, -0.05) is 0 Å². The Morgan fingerprint density at radius 1 is 1.15 bits per heavy atom. The SMILES string of the molecule is CN(C)C(=O)O.O=C(O)C(F)(F)F. The molecule has 5 nitrogen and oxygen atoms in total. The first-order valence-corrected chi connectivity index (χ1v) is 2.79. The number of hydrogen-bond acceptors (Lipinski definition) is 2. The third-order valence-corrected chi connectivity index (χ3v) is 0.625. The van der Waals surface area contributed by atoms with E-state index < -0.39 is 18.2 Å². The number of carbonyl (C=O) groups is 2. The molecule has 0 aromatic carbocycles. The molecule has 0 aromatic heterocycles. The molecule has 2 N–H and O–H groups in total. The van der Waals surface area contributed by atoms with Gasteiger partial charge in [-0.25, -0.2) is 9.59 Å². The van der Waals surface area contributed by atoms with Gasteiger partial charge in [0.05, 0.1) is 0 Å². The molecule has 8 heteroatoms. The van der Waals surface area contributed by atoms with E-state index in [-0.39, 0.29) is 0 Å². The van der Waals surface area contributed by atoms with Crippen LogP contribution in [0, 0.1) is 0 Å². The molecule has 0 aromatic rings. The molecule has 0 heterocycles. The van der Waals surface area contributed by atoms with Crippen molar-refractivity contribution in [2.24, 2.45) is 0 Å². The molecule has 1 amide bonds. The van der Waals surface area contributed by atoms with Gasteiger partial charge in [-0.3, -0.25) is 0 Å². The van der Waals surface area contributed by atoms with Crippen LogP contribution in [0.4, 0.5) is 18.0 Å². The van der Waals surface area contributed by atoms with Crippen LogP contribution in [-0.4, -0.2) is 47.4 Å². The van der Waals surface area contributed by atoms with Crippen molar-refractivity contribution in [3.8, 4) is 0 Å². The number of hydrogen-bond donors (Lipinski definition) is 2. The Labute approximate surface area is 71.4 Å². The van der Waals surface area contributed by atoms with Crippen LogP contribution >= 0.6 is 0 Å². The first-order valence-electron chi connectivity index (χ1n) is 2.79. The van der Waals surface area contributed by atoms with E-state index in [1.54, 1.807) is 0 Å². The molecule has 0 saturated heterocycles. The lowest BCUT2D eigenvalue weighted by Gasteiger charge is -1.99. The van der Waals surface area contributed by atoms with E-state index in [2.05, 4.69) is 0 Å². The molecule has 0 saturated carbocycles. The van der Waals surface area contributed by atoms with E-state index in [9.17, 15) is 18.0 Å². The number of rotatable bonds is 0. The highest BCUT2D eigenvalue weighted by molar-refractivity contribution is 5.73. The molecule has 0 aliphatic carbocycles. The third-order valence-electron chi connectivity index (χ3n) is 0.625. The van der Waals surface area contributed by atoms with Gasteiger partial charge in [0.1, 0.15) is 0 Å². The first kappa shape index (κ1) is 14.1. The van der Waals surface area contributed by atoms with E-state index in [0.717, 1.165) is 4.90 Å². The van der Waals surface area contributed by atoms with Crippen molar-refractivity contribution in [1.29, 1.82) is 0 Å². The molecule has 0 aliphatic rings. The smallest absolute Gasteiger partial charge is 0.475 e. The summed E-state index contributed by atoms with van der Waals surface area (Å²) >= 11 is 0. The van der Waals surface area contributed by atoms with Crippen LogP contribution in [0.25, 0.3) is 0 Å². The largest absolute Gasteiger partial charge is 0.490 e. The Morgan fingerprint density at radius 2 is 1.31 bits per heavy atom. The van der Waals surface area contributed by atoms with Crippen LogP contribution in [0.2, 0.25) is 0 Å². The van der Waals surface area contributed by atoms with Crippen LogP contribution < -0.4 is 0 Å². The average molecular weight is 203 g/mol. The average Bonchev–Trinajstić information content (AvgIpc) is 1.86. The molecule has 0 unspecified atom stereocenters. The van der Waals surface area contributed by atoms with Crippen molar-refractivity contribution >= 4 is 12.1 Å². The Kier molecular flexibility index (Phi) is 5.66. The molecule has 0 rings (SSSR count). The van der Waals surface area contributed by atoms with Gasteiger partial charge in [-0.2, -0.15) is 13.2 Å². The van der Waals surface area contributed by atoms with Gasteiger partial charge in [-0.05, 0) is 0 Å². The van der Waals surface area contributed by atoms with Crippen LogP contribution in [0.15, 0.2) is 0 Å². The lowest BCUT2D eigenvalue weighted by Crippen LogP contribution is -2.21. The molecule has 0 aliphatic heterocycles. The van der Waals surface area contributed by atoms with Crippen LogP contribution in [0.3, 0.4) is 0 Å². The number of amides is 1. The molecule has 13 heavy (non-hydrogen) atoms. The van der Waals surface area contributed by atoms with E-state index in [1.165, 1.54) is 14.1 Å². The van der Waals surface area contributed by atoms with Crippen LogP contribution in [-0.2, 0) is 4.79 Å². The molecule has 0 fully saturated rings. The van der Waals surface area contributed by atoms with Gasteiger partial charge in [0.15, 0.2) is 0 Å². The fraction of sp³-hybridized carbons (Fsp3) is 0.600. The highest BCUT2D eigenvalue weighted by atomic mass is 19.4. The normalized spacial score (nSPS) is 9.62. The summed E-state index contributed by atoms with van der Waals surface area (Å²) in [6.45, 7) is 0. The van der Waals surface area contributed by atoms with Crippen molar-refractivity contribution < 1.29 is 33.0 Å². The Balaban J connectivity index is 0. The predicted molar refractivity (Wildman–Crippen MR) is 35.4 cm³/mol. The fourth-order valence-electron chi connectivity index (χ4n) is 0. The van der Waals surface area contributed by atoms with Crippen LogP contribution in [0.1, 0.15) is 0 Å². The minimum absolute atomic E-state index is 0.907. The number of alkyl halides is 3. The van der Waals surface area contributed by atoms with E-state index in [4.69, 9.17) is 15.0 Å². The standard InChI is InChI=1S/C3H7NO2.C2HF3O2/c1-4(2)3(5)6;3-2(4,5)1(6)7/h1-2H3,(H,5,6);(H,6,7). The molecule has 0 atom stereocenters. The summed E-state index contributed by atoms with van der Waals surface area (Å²) in [5, 5.41) is 15.0. The van der Waals surface area contributed by atoms with E-state index in [0.29, 0.717) is 0 Å². The Bertz CT molecular complexity index is 189. The number of aliphatic carboxylic acids is 1. The minimum atomic E-state index is -5.08. The summed E-state index contributed by atoms with van der Waals surface area (Å²) in [5.74, 6) is -2.76. The minimum Gasteiger partial charge on any atom is -0.475 e. The summed E-state index contributed by atoms with van der Waals surface area (Å²) in [5.41, 5.74) is 0. The lowest BCUT2D eigenvalue weighted by atomic mass is 10.7. The summed E-state index contributed by atoms with van der Waals surface area (Å²) in [6.07, 6.45) is -5.99. The molecule has 0 spiro atoms. The van der Waals surface area contributed by atoms with Gasteiger partial charge < -0.3 is 15.1 Å². The fourth-order valence-corrected chi connectivity index (χ4v) is 0. The highest BCUT2D eigenvalue weighted by Crippen LogP contribution is 2.13. The van der Waals surface area contributed by atoms with E-state index in [1.807, 2.05) is 0 Å². The predicted octanol–water partition coefficient (Wildman–Crippen LogP) is 0.859. The first-order chi connectivity index (χ1) is 5.59. The van der Waals surface area contributed by atoms with Crippen molar-refractivity contribution in [2.75, 3.05) is 14.1 Å². The van der Waals surface area contributed by atoms with Gasteiger partial charge in [0.2, 0.25) is 0 Å². The number of nitrogens with zero attached hydrogens (tertiary/aromatic N) is 1. The van der Waals surface area contributed by atoms with Crippen LogP contribution in [0.5, 0.6) is 0 Å². The highest BCUT2D eigenvalue weighted by Gasteiger charge is 2.38. The molecular formula is C5H8F3NO4. The maximum Gasteiger partial charge on any atom is 0.490 e. The molecule has 0 bridgehead atoms. The summed E-state index contributed by atoms with van der Waals surface area (Å²) in [4.78, 5) is 19.6. The van der Waals surface area contributed by atoms with Gasteiger partial charge in [0, 0.05) is 14.1 Å². The maximum atomic E-state index is 10.6.